The van der Waals surface area contributed by atoms with Crippen LogP contribution in [0, 0.1) is 0 Å². The molecule has 0 fully saturated rings. The minimum Gasteiger partial charge on any atom is -0.289 e. The smallest absolute Gasteiger partial charge is 0.187 e. The van der Waals surface area contributed by atoms with Crippen molar-refractivity contribution in [2.45, 2.75) is 13.3 Å². The number of ketones is 1. The SMILES string of the molecule is CC1=CCC=CC1=CC(=O)c1cccc2ccccc12. The zero-order valence-corrected chi connectivity index (χ0v) is 11.5. The Morgan fingerprint density at radius 1 is 1.10 bits per heavy atom. The van der Waals surface area contributed by atoms with Gasteiger partial charge in [0.25, 0.3) is 0 Å². The van der Waals surface area contributed by atoms with Crippen LogP contribution in [-0.2, 0) is 0 Å². The fourth-order valence-electron chi connectivity index (χ4n) is 2.51. The van der Waals surface area contributed by atoms with Crippen LogP contribution in [-0.4, -0.2) is 5.78 Å². The quantitative estimate of drug-likeness (QED) is 0.557. The number of fused-ring (bicyclic) bond motifs is 1. The van der Waals surface area contributed by atoms with Gasteiger partial charge in [-0.2, -0.15) is 0 Å². The molecule has 0 heterocycles. The molecule has 0 radical (unpaired) electrons. The Morgan fingerprint density at radius 3 is 2.75 bits per heavy atom. The molecule has 1 aliphatic rings. The molecular weight excluding hydrogens is 244 g/mol. The van der Waals surface area contributed by atoms with E-state index in [4.69, 9.17) is 0 Å². The van der Waals surface area contributed by atoms with Gasteiger partial charge in [-0.05, 0) is 41.3 Å². The lowest BCUT2D eigenvalue weighted by Crippen LogP contribution is -1.99. The highest BCUT2D eigenvalue weighted by molar-refractivity contribution is 6.14. The van der Waals surface area contributed by atoms with Crippen LogP contribution < -0.4 is 0 Å². The molecule has 0 spiro atoms. The van der Waals surface area contributed by atoms with Crippen molar-refractivity contribution in [1.82, 2.24) is 0 Å². The lowest BCUT2D eigenvalue weighted by Gasteiger charge is -2.08. The minimum absolute atomic E-state index is 0.0658. The van der Waals surface area contributed by atoms with Gasteiger partial charge in [0.15, 0.2) is 5.78 Å². The number of carbonyl (C=O) groups excluding carboxylic acids is 1. The second-order valence-corrected chi connectivity index (χ2v) is 5.02. The second-order valence-electron chi connectivity index (χ2n) is 5.02. The Balaban J connectivity index is 2.05. The molecule has 0 N–H and O–H groups in total. The Morgan fingerprint density at radius 2 is 1.90 bits per heavy atom. The second kappa shape index (κ2) is 5.30. The third-order valence-corrected chi connectivity index (χ3v) is 3.65. The summed E-state index contributed by atoms with van der Waals surface area (Å²) in [5.74, 6) is 0.0658. The first-order valence-electron chi connectivity index (χ1n) is 6.83. The van der Waals surface area contributed by atoms with Gasteiger partial charge in [-0.15, -0.1) is 0 Å². The lowest BCUT2D eigenvalue weighted by atomic mass is 9.96. The van der Waals surface area contributed by atoms with E-state index < -0.39 is 0 Å². The van der Waals surface area contributed by atoms with Gasteiger partial charge in [0, 0.05) is 5.56 Å². The number of benzene rings is 2. The minimum atomic E-state index is 0.0658. The third kappa shape index (κ3) is 2.35. The molecule has 1 nitrogen and oxygen atoms in total. The molecule has 98 valence electrons. The Hall–Kier alpha value is -2.41. The van der Waals surface area contributed by atoms with E-state index in [1.807, 2.05) is 55.5 Å². The molecule has 2 aromatic rings. The normalized spacial score (nSPS) is 16.4. The maximum absolute atomic E-state index is 12.5. The van der Waals surface area contributed by atoms with Gasteiger partial charge in [0.2, 0.25) is 0 Å². The van der Waals surface area contributed by atoms with E-state index in [2.05, 4.69) is 12.2 Å². The summed E-state index contributed by atoms with van der Waals surface area (Å²) >= 11 is 0. The summed E-state index contributed by atoms with van der Waals surface area (Å²) in [6.45, 7) is 2.05. The van der Waals surface area contributed by atoms with E-state index in [1.54, 1.807) is 6.08 Å². The Kier molecular flexibility index (Phi) is 3.34. The molecule has 0 aromatic heterocycles. The van der Waals surface area contributed by atoms with Crippen LogP contribution in [0.3, 0.4) is 0 Å². The van der Waals surface area contributed by atoms with Crippen molar-refractivity contribution in [2.75, 3.05) is 0 Å². The molecular formula is C19H16O. The summed E-state index contributed by atoms with van der Waals surface area (Å²) in [6.07, 6.45) is 8.94. The van der Waals surface area contributed by atoms with Gasteiger partial charge in [0.1, 0.15) is 0 Å². The topological polar surface area (TPSA) is 17.1 Å². The van der Waals surface area contributed by atoms with Gasteiger partial charge in [-0.1, -0.05) is 60.7 Å². The van der Waals surface area contributed by atoms with Gasteiger partial charge in [-0.3, -0.25) is 4.79 Å². The molecule has 2 aromatic carbocycles. The molecule has 0 aliphatic heterocycles. The lowest BCUT2D eigenvalue weighted by molar-refractivity contribution is 0.104. The summed E-state index contributed by atoms with van der Waals surface area (Å²) in [7, 11) is 0. The Bertz CT molecular complexity index is 755. The van der Waals surface area contributed by atoms with Crippen LogP contribution in [0.15, 0.2) is 77.9 Å². The maximum atomic E-state index is 12.5. The zero-order chi connectivity index (χ0) is 13.9. The molecule has 3 rings (SSSR count). The van der Waals surface area contributed by atoms with Crippen LogP contribution >= 0.6 is 0 Å². The number of allylic oxidation sites excluding steroid dienone is 6. The van der Waals surface area contributed by atoms with E-state index >= 15 is 0 Å². The molecule has 0 saturated carbocycles. The molecule has 1 aliphatic carbocycles. The summed E-state index contributed by atoms with van der Waals surface area (Å²) in [4.78, 5) is 12.5. The number of hydrogen-bond donors (Lipinski definition) is 0. The maximum Gasteiger partial charge on any atom is 0.187 e. The van der Waals surface area contributed by atoms with Crippen molar-refractivity contribution >= 4 is 16.6 Å². The first-order valence-corrected chi connectivity index (χ1v) is 6.83. The number of rotatable bonds is 2. The van der Waals surface area contributed by atoms with E-state index in [-0.39, 0.29) is 5.78 Å². The monoisotopic (exact) mass is 260 g/mol. The van der Waals surface area contributed by atoms with Crippen molar-refractivity contribution < 1.29 is 4.79 Å². The first-order chi connectivity index (χ1) is 9.75. The van der Waals surface area contributed by atoms with Crippen molar-refractivity contribution in [1.29, 1.82) is 0 Å². The largest absolute Gasteiger partial charge is 0.289 e. The van der Waals surface area contributed by atoms with Crippen LogP contribution in [0.25, 0.3) is 10.8 Å². The van der Waals surface area contributed by atoms with Crippen molar-refractivity contribution in [3.05, 3.63) is 83.5 Å². The third-order valence-electron chi connectivity index (χ3n) is 3.65. The predicted molar refractivity (Wildman–Crippen MR) is 83.9 cm³/mol. The van der Waals surface area contributed by atoms with E-state index in [0.29, 0.717) is 0 Å². The van der Waals surface area contributed by atoms with Gasteiger partial charge >= 0.3 is 0 Å². The van der Waals surface area contributed by atoms with Crippen LogP contribution in [0.2, 0.25) is 0 Å². The molecule has 0 bridgehead atoms. The van der Waals surface area contributed by atoms with E-state index in [1.165, 1.54) is 5.57 Å². The average Bonchev–Trinajstić information content (AvgIpc) is 2.49. The summed E-state index contributed by atoms with van der Waals surface area (Å²) in [5.41, 5.74) is 2.94. The highest BCUT2D eigenvalue weighted by atomic mass is 16.1. The summed E-state index contributed by atoms with van der Waals surface area (Å²) < 4.78 is 0. The highest BCUT2D eigenvalue weighted by Gasteiger charge is 2.09. The van der Waals surface area contributed by atoms with Crippen LogP contribution in [0.5, 0.6) is 0 Å². The molecule has 0 saturated heterocycles. The first kappa shape index (κ1) is 12.6. The molecule has 0 atom stereocenters. The zero-order valence-electron chi connectivity index (χ0n) is 11.5. The molecule has 0 amide bonds. The fraction of sp³-hybridized carbons (Fsp3) is 0.105. The molecule has 0 unspecified atom stereocenters. The molecule has 20 heavy (non-hydrogen) atoms. The average molecular weight is 260 g/mol. The van der Waals surface area contributed by atoms with Crippen molar-refractivity contribution in [2.24, 2.45) is 0 Å². The fourth-order valence-corrected chi connectivity index (χ4v) is 2.51. The number of hydrogen-bond acceptors (Lipinski definition) is 1. The van der Waals surface area contributed by atoms with Gasteiger partial charge < -0.3 is 0 Å². The van der Waals surface area contributed by atoms with Crippen molar-refractivity contribution in [3.8, 4) is 0 Å². The van der Waals surface area contributed by atoms with E-state index in [0.717, 1.165) is 28.3 Å². The predicted octanol–water partition coefficient (Wildman–Crippen LogP) is 4.86. The van der Waals surface area contributed by atoms with E-state index in [9.17, 15) is 4.79 Å². The molecule has 1 heteroatoms. The summed E-state index contributed by atoms with van der Waals surface area (Å²) in [6, 6.07) is 13.9. The standard InChI is InChI=1S/C19H16O/c1-14-7-2-3-9-16(14)13-19(20)18-12-6-10-15-8-4-5-11-17(15)18/h3-13H,2H2,1H3. The van der Waals surface area contributed by atoms with Crippen molar-refractivity contribution in [3.63, 3.8) is 0 Å². The van der Waals surface area contributed by atoms with Crippen LogP contribution in [0.1, 0.15) is 23.7 Å². The Labute approximate surface area is 118 Å². The number of carbonyl (C=O) groups is 1. The van der Waals surface area contributed by atoms with Crippen LogP contribution in [0.4, 0.5) is 0 Å². The van der Waals surface area contributed by atoms with Gasteiger partial charge in [-0.25, -0.2) is 0 Å². The highest BCUT2D eigenvalue weighted by Crippen LogP contribution is 2.22. The summed E-state index contributed by atoms with van der Waals surface area (Å²) in [5, 5.41) is 2.11. The van der Waals surface area contributed by atoms with Gasteiger partial charge in [0.05, 0.1) is 0 Å².